The summed E-state index contributed by atoms with van der Waals surface area (Å²) in [7, 11) is 0. The Kier molecular flexibility index (Phi) is 4.95. The van der Waals surface area contributed by atoms with Gasteiger partial charge in [0.1, 0.15) is 11.9 Å². The molecule has 0 heterocycles. The molecule has 0 fully saturated rings. The fraction of sp³-hybridized carbons (Fsp3) is 0.143. The molecular formula is C14H9Br2F3O2. The smallest absolute Gasteiger partial charge is 0.405 e. The average Bonchev–Trinajstić information content (AvgIpc) is 2.36. The van der Waals surface area contributed by atoms with Crippen molar-refractivity contribution in [2.24, 2.45) is 0 Å². The molecule has 21 heavy (non-hydrogen) atoms. The van der Waals surface area contributed by atoms with Gasteiger partial charge in [-0.1, -0.05) is 56.1 Å². The van der Waals surface area contributed by atoms with Crippen molar-refractivity contribution in [3.63, 3.8) is 0 Å². The maximum Gasteiger partial charge on any atom is 0.573 e. The Bertz CT molecular complexity index is 644. The highest BCUT2D eigenvalue weighted by atomic mass is 79.9. The van der Waals surface area contributed by atoms with Crippen LogP contribution in [0.15, 0.2) is 51.4 Å². The van der Waals surface area contributed by atoms with Gasteiger partial charge >= 0.3 is 6.36 Å². The van der Waals surface area contributed by atoms with Crippen LogP contribution in [-0.2, 0) is 0 Å². The average molecular weight is 426 g/mol. The second-order valence-corrected chi connectivity index (χ2v) is 5.92. The zero-order valence-corrected chi connectivity index (χ0v) is 13.5. The SMILES string of the molecule is OC(c1ccc(Br)cc1Br)c1ccccc1OC(F)(F)F. The standard InChI is InChI=1S/C14H9Br2F3O2/c15-8-5-6-9(11(16)7-8)13(20)10-3-1-2-4-12(10)21-14(17,18)19/h1-7,13,20H. The highest BCUT2D eigenvalue weighted by Crippen LogP contribution is 2.36. The van der Waals surface area contributed by atoms with Crippen molar-refractivity contribution in [3.8, 4) is 5.75 Å². The number of halogens is 5. The van der Waals surface area contributed by atoms with Crippen molar-refractivity contribution < 1.29 is 23.0 Å². The van der Waals surface area contributed by atoms with Crippen LogP contribution in [0.1, 0.15) is 17.2 Å². The lowest BCUT2D eigenvalue weighted by Gasteiger charge is -2.18. The predicted octanol–water partition coefficient (Wildman–Crippen LogP) is 5.19. The van der Waals surface area contributed by atoms with Gasteiger partial charge in [-0.3, -0.25) is 0 Å². The highest BCUT2D eigenvalue weighted by Gasteiger charge is 2.33. The van der Waals surface area contributed by atoms with Crippen LogP contribution in [0, 0.1) is 0 Å². The number of hydrogen-bond donors (Lipinski definition) is 1. The van der Waals surface area contributed by atoms with E-state index in [0.717, 1.165) is 4.47 Å². The third-order valence-corrected chi connectivity index (χ3v) is 3.88. The quantitative estimate of drug-likeness (QED) is 0.733. The van der Waals surface area contributed by atoms with E-state index in [9.17, 15) is 18.3 Å². The highest BCUT2D eigenvalue weighted by molar-refractivity contribution is 9.11. The lowest BCUT2D eigenvalue weighted by Crippen LogP contribution is -2.19. The van der Waals surface area contributed by atoms with E-state index in [4.69, 9.17) is 0 Å². The molecule has 7 heteroatoms. The van der Waals surface area contributed by atoms with E-state index in [0.29, 0.717) is 10.0 Å². The molecule has 0 amide bonds. The van der Waals surface area contributed by atoms with Gasteiger partial charge in [-0.05, 0) is 23.8 Å². The van der Waals surface area contributed by atoms with Crippen molar-refractivity contribution in [3.05, 3.63) is 62.5 Å². The normalized spacial score (nSPS) is 13.0. The van der Waals surface area contributed by atoms with Gasteiger partial charge in [0.15, 0.2) is 0 Å². The first-order chi connectivity index (χ1) is 9.78. The minimum Gasteiger partial charge on any atom is -0.405 e. The van der Waals surface area contributed by atoms with Crippen molar-refractivity contribution in [2.45, 2.75) is 12.5 Å². The van der Waals surface area contributed by atoms with E-state index in [1.807, 2.05) is 0 Å². The fourth-order valence-electron chi connectivity index (χ4n) is 1.81. The third kappa shape index (κ3) is 4.21. The zero-order valence-electron chi connectivity index (χ0n) is 10.4. The predicted molar refractivity (Wildman–Crippen MR) is 79.0 cm³/mol. The van der Waals surface area contributed by atoms with Crippen molar-refractivity contribution >= 4 is 31.9 Å². The Balaban J connectivity index is 2.41. The van der Waals surface area contributed by atoms with Gasteiger partial charge in [0, 0.05) is 14.5 Å². The molecule has 1 unspecified atom stereocenters. The number of aliphatic hydroxyl groups excluding tert-OH is 1. The minimum absolute atomic E-state index is 0.0397. The first-order valence-electron chi connectivity index (χ1n) is 5.75. The zero-order chi connectivity index (χ0) is 15.6. The van der Waals surface area contributed by atoms with Crippen LogP contribution in [0.3, 0.4) is 0 Å². The van der Waals surface area contributed by atoms with Crippen molar-refractivity contribution in [1.29, 1.82) is 0 Å². The summed E-state index contributed by atoms with van der Waals surface area (Å²) in [4.78, 5) is 0. The maximum atomic E-state index is 12.4. The number of hydrogen-bond acceptors (Lipinski definition) is 2. The van der Waals surface area contributed by atoms with E-state index in [-0.39, 0.29) is 5.56 Å². The van der Waals surface area contributed by atoms with Crippen LogP contribution in [0.2, 0.25) is 0 Å². The molecule has 2 aromatic carbocycles. The number of ether oxygens (including phenoxy) is 1. The number of para-hydroxylation sites is 1. The fourth-order valence-corrected chi connectivity index (χ4v) is 3.08. The summed E-state index contributed by atoms with van der Waals surface area (Å²) in [6, 6.07) is 10.5. The lowest BCUT2D eigenvalue weighted by molar-refractivity contribution is -0.275. The lowest BCUT2D eigenvalue weighted by atomic mass is 10.0. The van der Waals surface area contributed by atoms with Crippen LogP contribution in [-0.4, -0.2) is 11.5 Å². The van der Waals surface area contributed by atoms with Crippen LogP contribution >= 0.6 is 31.9 Å². The Hall–Kier alpha value is -1.05. The summed E-state index contributed by atoms with van der Waals surface area (Å²) in [5.74, 6) is -0.424. The Morgan fingerprint density at radius 2 is 1.67 bits per heavy atom. The van der Waals surface area contributed by atoms with Gasteiger partial charge in [-0.25, -0.2) is 0 Å². The minimum atomic E-state index is -4.81. The molecule has 0 radical (unpaired) electrons. The van der Waals surface area contributed by atoms with Gasteiger partial charge in [0.05, 0.1) is 0 Å². The number of benzene rings is 2. The monoisotopic (exact) mass is 424 g/mol. The topological polar surface area (TPSA) is 29.5 Å². The van der Waals surface area contributed by atoms with E-state index in [1.165, 1.54) is 24.3 Å². The van der Waals surface area contributed by atoms with Crippen LogP contribution < -0.4 is 4.74 Å². The molecule has 0 bridgehead atoms. The van der Waals surface area contributed by atoms with E-state index < -0.39 is 18.2 Å². The van der Waals surface area contributed by atoms with Crippen LogP contribution in [0.25, 0.3) is 0 Å². The molecule has 1 N–H and O–H groups in total. The van der Waals surface area contributed by atoms with Crippen molar-refractivity contribution in [1.82, 2.24) is 0 Å². The molecule has 0 aliphatic carbocycles. The molecule has 0 spiro atoms. The maximum absolute atomic E-state index is 12.4. The number of rotatable bonds is 3. The first-order valence-corrected chi connectivity index (χ1v) is 7.34. The molecule has 2 rings (SSSR count). The molecule has 112 valence electrons. The van der Waals surface area contributed by atoms with Gasteiger partial charge < -0.3 is 9.84 Å². The number of alkyl halides is 3. The van der Waals surface area contributed by atoms with Gasteiger partial charge in [-0.2, -0.15) is 0 Å². The van der Waals surface area contributed by atoms with Crippen LogP contribution in [0.4, 0.5) is 13.2 Å². The summed E-state index contributed by atoms with van der Waals surface area (Å²) in [6.45, 7) is 0. The third-order valence-electron chi connectivity index (χ3n) is 2.70. The molecule has 1 atom stereocenters. The summed E-state index contributed by atoms with van der Waals surface area (Å²) in [5, 5.41) is 10.3. The van der Waals surface area contributed by atoms with Crippen LogP contribution in [0.5, 0.6) is 5.75 Å². The van der Waals surface area contributed by atoms with E-state index in [2.05, 4.69) is 36.6 Å². The molecular weight excluding hydrogens is 417 g/mol. The summed E-state index contributed by atoms with van der Waals surface area (Å²) in [6.07, 6.45) is -6.06. The second kappa shape index (κ2) is 6.37. The largest absolute Gasteiger partial charge is 0.573 e. The van der Waals surface area contributed by atoms with E-state index in [1.54, 1.807) is 18.2 Å². The number of aliphatic hydroxyl groups is 1. The molecule has 2 nitrogen and oxygen atoms in total. The van der Waals surface area contributed by atoms with Gasteiger partial charge in [0.25, 0.3) is 0 Å². The summed E-state index contributed by atoms with van der Waals surface area (Å²) in [5.41, 5.74) is 0.481. The summed E-state index contributed by atoms with van der Waals surface area (Å²) < 4.78 is 42.5. The second-order valence-electron chi connectivity index (χ2n) is 4.15. The van der Waals surface area contributed by atoms with Gasteiger partial charge in [-0.15, -0.1) is 13.2 Å². The Labute approximate surface area is 135 Å². The molecule has 0 saturated carbocycles. The molecule has 0 aromatic heterocycles. The first kappa shape index (κ1) is 16.3. The molecule has 0 aliphatic heterocycles. The van der Waals surface area contributed by atoms with Crippen molar-refractivity contribution in [2.75, 3.05) is 0 Å². The Morgan fingerprint density at radius 1 is 1.00 bits per heavy atom. The molecule has 0 aliphatic rings. The van der Waals surface area contributed by atoms with E-state index >= 15 is 0 Å². The summed E-state index contributed by atoms with van der Waals surface area (Å²) >= 11 is 6.55. The molecule has 2 aromatic rings. The molecule has 0 saturated heterocycles. The Morgan fingerprint density at radius 3 is 2.29 bits per heavy atom. The van der Waals surface area contributed by atoms with Gasteiger partial charge in [0.2, 0.25) is 0 Å².